The Morgan fingerprint density at radius 2 is 1.81 bits per heavy atom. The molecule has 0 aromatic heterocycles. The van der Waals surface area contributed by atoms with Crippen LogP contribution in [-0.2, 0) is 6.54 Å². The molecule has 0 saturated heterocycles. The van der Waals surface area contributed by atoms with Crippen molar-refractivity contribution in [3.05, 3.63) is 69.2 Å². The quantitative estimate of drug-likeness (QED) is 0.732. The molecular formula is C17H17BrClNO. The highest BCUT2D eigenvalue weighted by molar-refractivity contribution is 9.10. The van der Waals surface area contributed by atoms with Gasteiger partial charge < -0.3 is 4.90 Å². The summed E-state index contributed by atoms with van der Waals surface area (Å²) in [5.41, 5.74) is 1.63. The summed E-state index contributed by atoms with van der Waals surface area (Å²) >= 11 is 9.61. The second-order valence-corrected chi connectivity index (χ2v) is 6.35. The first-order chi connectivity index (χ1) is 10.0. The average Bonchev–Trinajstić information content (AvgIpc) is 2.48. The normalized spacial score (nSPS) is 10.7. The third kappa shape index (κ3) is 3.86. The van der Waals surface area contributed by atoms with Crippen LogP contribution in [0.2, 0.25) is 5.02 Å². The van der Waals surface area contributed by atoms with Crippen LogP contribution in [0.15, 0.2) is 53.0 Å². The molecule has 0 bridgehead atoms. The van der Waals surface area contributed by atoms with Crippen LogP contribution in [0, 0.1) is 0 Å². The molecule has 0 saturated carbocycles. The molecule has 0 radical (unpaired) electrons. The maximum atomic E-state index is 12.8. The number of amides is 1. The lowest BCUT2D eigenvalue weighted by Crippen LogP contribution is -2.36. The Balaban J connectivity index is 2.30. The van der Waals surface area contributed by atoms with E-state index in [2.05, 4.69) is 15.9 Å². The molecule has 2 rings (SSSR count). The molecule has 0 atom stereocenters. The summed E-state index contributed by atoms with van der Waals surface area (Å²) in [4.78, 5) is 14.6. The summed E-state index contributed by atoms with van der Waals surface area (Å²) < 4.78 is 0.735. The number of carbonyl (C=O) groups excluding carboxylic acids is 1. The second-order valence-electron chi connectivity index (χ2n) is 5.11. The van der Waals surface area contributed by atoms with Gasteiger partial charge in [-0.3, -0.25) is 4.79 Å². The van der Waals surface area contributed by atoms with E-state index in [4.69, 9.17) is 11.6 Å². The van der Waals surface area contributed by atoms with Gasteiger partial charge in [-0.15, -0.1) is 0 Å². The molecule has 0 aliphatic carbocycles. The molecule has 0 spiro atoms. The predicted molar refractivity (Wildman–Crippen MR) is 90.6 cm³/mol. The van der Waals surface area contributed by atoms with Gasteiger partial charge in [0, 0.05) is 17.1 Å². The van der Waals surface area contributed by atoms with Gasteiger partial charge >= 0.3 is 0 Å². The molecular weight excluding hydrogens is 350 g/mol. The minimum atomic E-state index is -0.0554. The largest absolute Gasteiger partial charge is 0.332 e. The van der Waals surface area contributed by atoms with E-state index in [1.165, 1.54) is 0 Å². The summed E-state index contributed by atoms with van der Waals surface area (Å²) in [5, 5.41) is 0.459. The third-order valence-corrected chi connectivity index (χ3v) is 4.56. The van der Waals surface area contributed by atoms with E-state index in [0.717, 1.165) is 10.0 Å². The number of hydrogen-bond acceptors (Lipinski definition) is 1. The molecule has 0 aliphatic rings. The van der Waals surface area contributed by atoms with Gasteiger partial charge in [-0.2, -0.15) is 0 Å². The van der Waals surface area contributed by atoms with Crippen molar-refractivity contribution in [2.24, 2.45) is 0 Å². The predicted octanol–water partition coefficient (Wildman–Crippen LogP) is 5.15. The first-order valence-corrected chi connectivity index (χ1v) is 7.96. The molecule has 0 heterocycles. The number of halogens is 2. The monoisotopic (exact) mass is 365 g/mol. The number of rotatable bonds is 4. The minimum absolute atomic E-state index is 0.0554. The lowest BCUT2D eigenvalue weighted by Gasteiger charge is -2.27. The fourth-order valence-electron chi connectivity index (χ4n) is 2.09. The van der Waals surface area contributed by atoms with Crippen LogP contribution in [0.4, 0.5) is 0 Å². The topological polar surface area (TPSA) is 20.3 Å². The first-order valence-electron chi connectivity index (χ1n) is 6.79. The molecule has 0 unspecified atom stereocenters. The zero-order valence-corrected chi connectivity index (χ0v) is 14.4. The van der Waals surface area contributed by atoms with Crippen molar-refractivity contribution >= 4 is 33.4 Å². The first kappa shape index (κ1) is 16.1. The van der Waals surface area contributed by atoms with Crippen molar-refractivity contribution in [1.82, 2.24) is 4.90 Å². The van der Waals surface area contributed by atoms with Crippen LogP contribution < -0.4 is 0 Å². The van der Waals surface area contributed by atoms with Gasteiger partial charge in [0.2, 0.25) is 0 Å². The molecule has 0 aliphatic heterocycles. The molecule has 2 nitrogen and oxygen atoms in total. The lowest BCUT2D eigenvalue weighted by molar-refractivity contribution is 0.0690. The molecule has 1 amide bonds. The fourth-order valence-corrected chi connectivity index (χ4v) is 2.67. The van der Waals surface area contributed by atoms with E-state index in [0.29, 0.717) is 17.1 Å². The Kier molecular flexibility index (Phi) is 5.43. The van der Waals surface area contributed by atoms with Crippen LogP contribution in [0.1, 0.15) is 29.8 Å². The zero-order chi connectivity index (χ0) is 15.4. The van der Waals surface area contributed by atoms with Crippen LogP contribution >= 0.6 is 27.5 Å². The standard InChI is InChI=1S/C17H17BrClNO/c1-12(2)20(11-13-7-4-3-5-8-13)17(21)14-9-6-10-15(18)16(14)19/h3-10,12H,11H2,1-2H3. The van der Waals surface area contributed by atoms with Gasteiger partial charge in [-0.1, -0.05) is 48.0 Å². The maximum Gasteiger partial charge on any atom is 0.255 e. The molecule has 110 valence electrons. The summed E-state index contributed by atoms with van der Waals surface area (Å²) in [5.74, 6) is -0.0554. The van der Waals surface area contributed by atoms with Gasteiger partial charge in [-0.25, -0.2) is 0 Å². The molecule has 21 heavy (non-hydrogen) atoms. The van der Waals surface area contributed by atoms with E-state index in [1.54, 1.807) is 6.07 Å². The second kappa shape index (κ2) is 7.10. The van der Waals surface area contributed by atoms with Crippen molar-refractivity contribution in [1.29, 1.82) is 0 Å². The Morgan fingerprint density at radius 3 is 2.43 bits per heavy atom. The summed E-state index contributed by atoms with van der Waals surface area (Å²) in [6, 6.07) is 15.5. The number of benzene rings is 2. The van der Waals surface area contributed by atoms with Gasteiger partial charge in [0.15, 0.2) is 0 Å². The number of nitrogens with zero attached hydrogens (tertiary/aromatic N) is 1. The van der Waals surface area contributed by atoms with Crippen LogP contribution in [-0.4, -0.2) is 16.8 Å². The summed E-state index contributed by atoms with van der Waals surface area (Å²) in [6.45, 7) is 4.58. The van der Waals surface area contributed by atoms with E-state index in [-0.39, 0.29) is 11.9 Å². The zero-order valence-electron chi connectivity index (χ0n) is 12.0. The van der Waals surface area contributed by atoms with Crippen molar-refractivity contribution in [3.63, 3.8) is 0 Å². The molecule has 0 N–H and O–H groups in total. The minimum Gasteiger partial charge on any atom is -0.332 e. The molecule has 2 aromatic carbocycles. The average molecular weight is 367 g/mol. The van der Waals surface area contributed by atoms with Crippen LogP contribution in [0.5, 0.6) is 0 Å². The third-order valence-electron chi connectivity index (χ3n) is 3.26. The molecule has 4 heteroatoms. The van der Waals surface area contributed by atoms with Gasteiger partial charge in [0.05, 0.1) is 10.6 Å². The SMILES string of the molecule is CC(C)N(Cc1ccccc1)C(=O)c1cccc(Br)c1Cl. The van der Waals surface area contributed by atoms with E-state index in [9.17, 15) is 4.79 Å². The number of carbonyl (C=O) groups is 1. The highest BCUT2D eigenvalue weighted by Gasteiger charge is 2.22. The van der Waals surface area contributed by atoms with Gasteiger partial charge in [-0.05, 0) is 47.5 Å². The number of hydrogen-bond donors (Lipinski definition) is 0. The van der Waals surface area contributed by atoms with Crippen molar-refractivity contribution in [2.75, 3.05) is 0 Å². The van der Waals surface area contributed by atoms with Gasteiger partial charge in [0.25, 0.3) is 5.91 Å². The molecule has 2 aromatic rings. The van der Waals surface area contributed by atoms with Crippen molar-refractivity contribution < 1.29 is 4.79 Å². The van der Waals surface area contributed by atoms with Crippen molar-refractivity contribution in [2.45, 2.75) is 26.4 Å². The van der Waals surface area contributed by atoms with Gasteiger partial charge in [0.1, 0.15) is 0 Å². The Morgan fingerprint density at radius 1 is 1.14 bits per heavy atom. The van der Waals surface area contributed by atoms with Crippen LogP contribution in [0.25, 0.3) is 0 Å². The fraction of sp³-hybridized carbons (Fsp3) is 0.235. The summed E-state index contributed by atoms with van der Waals surface area (Å²) in [7, 11) is 0. The molecule has 0 fully saturated rings. The Bertz CT molecular complexity index is 628. The lowest BCUT2D eigenvalue weighted by atomic mass is 10.1. The van der Waals surface area contributed by atoms with E-state index >= 15 is 0 Å². The Labute approximate surface area is 138 Å². The summed E-state index contributed by atoms with van der Waals surface area (Å²) in [6.07, 6.45) is 0. The van der Waals surface area contributed by atoms with Crippen molar-refractivity contribution in [3.8, 4) is 0 Å². The highest BCUT2D eigenvalue weighted by atomic mass is 79.9. The maximum absolute atomic E-state index is 12.8. The smallest absolute Gasteiger partial charge is 0.255 e. The Hall–Kier alpha value is -1.32. The highest BCUT2D eigenvalue weighted by Crippen LogP contribution is 2.27. The van der Waals surface area contributed by atoms with E-state index in [1.807, 2.05) is 61.2 Å². The van der Waals surface area contributed by atoms with E-state index < -0.39 is 0 Å². The van der Waals surface area contributed by atoms with Crippen LogP contribution in [0.3, 0.4) is 0 Å².